The van der Waals surface area contributed by atoms with Crippen LogP contribution in [0.15, 0.2) is 54.6 Å². The molecule has 228 valence electrons. The highest BCUT2D eigenvalue weighted by atomic mass is 28.2. The van der Waals surface area contributed by atoms with Crippen molar-refractivity contribution in [2.75, 3.05) is 19.7 Å². The Labute approximate surface area is 261 Å². The molecular formula is C34H32FN5O4Si. The first-order chi connectivity index (χ1) is 22.0. The van der Waals surface area contributed by atoms with Crippen LogP contribution in [-0.2, 0) is 11.3 Å². The van der Waals surface area contributed by atoms with Crippen molar-refractivity contribution in [3.8, 4) is 11.8 Å². The number of hydrogen-bond donors (Lipinski definition) is 1. The van der Waals surface area contributed by atoms with Crippen LogP contribution in [0.4, 0.5) is 4.39 Å². The van der Waals surface area contributed by atoms with E-state index in [9.17, 15) is 14.3 Å². The van der Waals surface area contributed by atoms with Gasteiger partial charge in [0.25, 0.3) is 0 Å². The van der Waals surface area contributed by atoms with Gasteiger partial charge in [-0.3, -0.25) is 4.90 Å². The summed E-state index contributed by atoms with van der Waals surface area (Å²) in [5.41, 5.74) is 5.20. The van der Waals surface area contributed by atoms with Crippen molar-refractivity contribution in [2.45, 2.75) is 55.1 Å². The van der Waals surface area contributed by atoms with Gasteiger partial charge in [-0.1, -0.05) is 30.3 Å². The number of piperidine rings is 1. The number of pyridine rings is 1. The topological polar surface area (TPSA) is 114 Å². The lowest BCUT2D eigenvalue weighted by Crippen LogP contribution is -2.33. The largest absolute Gasteiger partial charge is 0.481 e. The molecule has 3 fully saturated rings. The van der Waals surface area contributed by atoms with Crippen LogP contribution in [0.2, 0.25) is 5.54 Å². The number of halogens is 1. The quantitative estimate of drug-likeness (QED) is 0.289. The van der Waals surface area contributed by atoms with E-state index in [-0.39, 0.29) is 11.3 Å². The second-order valence-corrected chi connectivity index (χ2v) is 14.7. The first-order valence-corrected chi connectivity index (χ1v) is 17.2. The molecule has 9 nitrogen and oxygen atoms in total. The first-order valence-electron chi connectivity index (χ1n) is 15.6. The molecule has 2 aromatic carbocycles. The lowest BCUT2D eigenvalue weighted by molar-refractivity contribution is -0.0494. The number of aromatic carboxylic acids is 1. The second-order valence-electron chi connectivity index (χ2n) is 12.5. The van der Waals surface area contributed by atoms with Gasteiger partial charge in [0, 0.05) is 23.4 Å². The fourth-order valence-electron chi connectivity index (χ4n) is 7.20. The zero-order chi connectivity index (χ0) is 30.7. The maximum absolute atomic E-state index is 14.9. The Bertz CT molecular complexity index is 1890. The molecular weight excluding hydrogens is 589 g/mol. The van der Waals surface area contributed by atoms with E-state index in [0.29, 0.717) is 41.0 Å². The number of carbonyl (C=O) groups is 1. The van der Waals surface area contributed by atoms with E-state index < -0.39 is 27.4 Å². The SMILES string of the molecule is N#Cc1ccc([C@H]2C=Cc3cccc(C4CCN(Cc5nc6ccc(C(=O)O)nc6n5[C@@H]5[SiH2][C@H]5[C@@H]5CCO5)CC4)c3O2)c(F)c1. The van der Waals surface area contributed by atoms with Crippen LogP contribution in [0.5, 0.6) is 5.75 Å². The van der Waals surface area contributed by atoms with Gasteiger partial charge in [0.1, 0.15) is 29.0 Å². The monoisotopic (exact) mass is 621 g/mol. The molecule has 0 aliphatic carbocycles. The van der Waals surface area contributed by atoms with Crippen LogP contribution in [-0.4, -0.2) is 65.8 Å². The number of para-hydroxylation sites is 1. The van der Waals surface area contributed by atoms with Crippen LogP contribution in [0.1, 0.15) is 75.5 Å². The zero-order valence-corrected chi connectivity index (χ0v) is 26.0. The van der Waals surface area contributed by atoms with Crippen LogP contribution < -0.4 is 4.74 Å². The molecule has 45 heavy (non-hydrogen) atoms. The lowest BCUT2D eigenvalue weighted by atomic mass is 9.87. The average Bonchev–Trinajstić information content (AvgIpc) is 3.70. The Morgan fingerprint density at radius 2 is 1.96 bits per heavy atom. The van der Waals surface area contributed by atoms with Crippen molar-refractivity contribution in [1.82, 2.24) is 19.4 Å². The predicted molar refractivity (Wildman–Crippen MR) is 167 cm³/mol. The summed E-state index contributed by atoms with van der Waals surface area (Å²) in [6.07, 6.45) is 6.61. The number of rotatable bonds is 7. The molecule has 3 saturated heterocycles. The van der Waals surface area contributed by atoms with Crippen molar-refractivity contribution in [3.05, 3.63) is 94.2 Å². The van der Waals surface area contributed by atoms with Crippen LogP contribution in [0.25, 0.3) is 17.2 Å². The molecule has 4 aliphatic heterocycles. The number of likely N-dealkylation sites (tertiary alicyclic amines) is 1. The van der Waals surface area contributed by atoms with E-state index in [2.05, 4.69) is 26.6 Å². The number of carboxylic acids is 1. The van der Waals surface area contributed by atoms with Gasteiger partial charge in [0.05, 0.1) is 33.8 Å². The third-order valence-electron chi connectivity index (χ3n) is 9.78. The predicted octanol–water partition coefficient (Wildman–Crippen LogP) is 4.93. The van der Waals surface area contributed by atoms with Crippen LogP contribution in [0, 0.1) is 17.1 Å². The molecule has 0 saturated carbocycles. The minimum absolute atomic E-state index is 0.0437. The maximum atomic E-state index is 14.9. The highest BCUT2D eigenvalue weighted by Gasteiger charge is 2.49. The second kappa shape index (κ2) is 11.2. The molecule has 6 heterocycles. The van der Waals surface area contributed by atoms with Crippen molar-refractivity contribution < 1.29 is 23.8 Å². The number of hydrogen-bond acceptors (Lipinski definition) is 7. The molecule has 0 bridgehead atoms. The molecule has 4 aliphatic rings. The minimum atomic E-state index is -1.03. The molecule has 2 aromatic heterocycles. The van der Waals surface area contributed by atoms with Crippen LogP contribution >= 0.6 is 0 Å². The fourth-order valence-corrected chi connectivity index (χ4v) is 9.39. The highest BCUT2D eigenvalue weighted by Crippen LogP contribution is 2.49. The number of fused-ring (bicyclic) bond motifs is 2. The molecule has 8 rings (SSSR count). The Balaban J connectivity index is 1.00. The maximum Gasteiger partial charge on any atom is 0.354 e. The molecule has 4 aromatic rings. The molecule has 0 radical (unpaired) electrons. The summed E-state index contributed by atoms with van der Waals surface area (Å²) >= 11 is 0. The zero-order valence-electron chi connectivity index (χ0n) is 24.6. The summed E-state index contributed by atoms with van der Waals surface area (Å²) in [6.45, 7) is 3.27. The number of nitrogens with zero attached hydrogens (tertiary/aromatic N) is 5. The lowest BCUT2D eigenvalue weighted by Gasteiger charge is -2.34. The van der Waals surface area contributed by atoms with E-state index in [4.69, 9.17) is 19.7 Å². The number of carboxylic acid groups (broad SMARTS) is 1. The van der Waals surface area contributed by atoms with Gasteiger partial charge in [0.2, 0.25) is 0 Å². The van der Waals surface area contributed by atoms with Gasteiger partial charge in [-0.15, -0.1) is 0 Å². The molecule has 0 amide bonds. The molecule has 11 heteroatoms. The average molecular weight is 622 g/mol. The summed E-state index contributed by atoms with van der Waals surface area (Å²) in [5, 5.41) is 18.7. The number of aromatic nitrogens is 3. The number of ether oxygens (including phenoxy) is 2. The summed E-state index contributed by atoms with van der Waals surface area (Å²) < 4.78 is 29.3. The number of benzene rings is 2. The van der Waals surface area contributed by atoms with E-state index in [1.54, 1.807) is 18.2 Å². The Morgan fingerprint density at radius 1 is 1.11 bits per heavy atom. The van der Waals surface area contributed by atoms with Crippen molar-refractivity contribution in [2.24, 2.45) is 0 Å². The summed E-state index contributed by atoms with van der Waals surface area (Å²) in [6, 6.07) is 16.0. The first kappa shape index (κ1) is 28.1. The molecule has 1 N–H and O–H groups in total. The van der Waals surface area contributed by atoms with Gasteiger partial charge in [-0.2, -0.15) is 5.26 Å². The van der Waals surface area contributed by atoms with Crippen molar-refractivity contribution in [3.63, 3.8) is 0 Å². The van der Waals surface area contributed by atoms with Crippen LogP contribution in [0.3, 0.4) is 0 Å². The van der Waals surface area contributed by atoms with Gasteiger partial charge in [0.15, 0.2) is 11.3 Å². The Hall–Kier alpha value is -4.37. The van der Waals surface area contributed by atoms with E-state index in [1.807, 2.05) is 24.3 Å². The van der Waals surface area contributed by atoms with E-state index >= 15 is 0 Å². The summed E-state index contributed by atoms with van der Waals surface area (Å²) in [7, 11) is -0.407. The molecule has 0 spiro atoms. The number of imidazole rings is 1. The summed E-state index contributed by atoms with van der Waals surface area (Å²) in [4.78, 5) is 23.6. The van der Waals surface area contributed by atoms with Gasteiger partial charge in [-0.05, 0) is 79.7 Å². The Morgan fingerprint density at radius 3 is 2.69 bits per heavy atom. The van der Waals surface area contributed by atoms with Crippen molar-refractivity contribution >= 4 is 32.7 Å². The molecule has 4 atom stereocenters. The van der Waals surface area contributed by atoms with Gasteiger partial charge in [-0.25, -0.2) is 19.2 Å². The molecule has 0 unspecified atom stereocenters. The van der Waals surface area contributed by atoms with Crippen molar-refractivity contribution in [1.29, 1.82) is 5.26 Å². The van der Waals surface area contributed by atoms with Gasteiger partial charge < -0.3 is 19.1 Å². The van der Waals surface area contributed by atoms with Gasteiger partial charge >= 0.3 is 5.97 Å². The van der Waals surface area contributed by atoms with E-state index in [1.165, 1.54) is 12.1 Å². The third-order valence-corrected chi connectivity index (χ3v) is 12.1. The summed E-state index contributed by atoms with van der Waals surface area (Å²) in [5.74, 6) is 0.575. The van der Waals surface area contributed by atoms with E-state index in [0.717, 1.165) is 67.2 Å². The highest BCUT2D eigenvalue weighted by molar-refractivity contribution is 6.53. The Kier molecular flexibility index (Phi) is 7.01. The number of nitriles is 1. The smallest absolute Gasteiger partial charge is 0.354 e. The third kappa shape index (κ3) is 5.13. The standard InChI is InChI=1S/C34H32FN5O4Si/c35-24-16-19(17-36)4-6-23(24)27-9-5-21-2-1-3-22(30(21)44-27)20-10-13-39(14-11-20)18-29-37-25-7-8-26(34(41)42)38-32(25)40(29)33-31(45-33)28-12-15-43-28/h1-9,16,20,27-28,31,33H,10-15,18,45H2,(H,41,42)/t27-,28+,31+,33-/m1/s1. The minimum Gasteiger partial charge on any atom is -0.481 e. The normalized spacial score (nSPS) is 25.0. The fraction of sp³-hybridized carbons (Fsp3) is 0.353.